The molecular formula is C13H25NO5S. The van der Waals surface area contributed by atoms with Crippen LogP contribution in [0.1, 0.15) is 46.0 Å². The van der Waals surface area contributed by atoms with Crippen LogP contribution in [0.3, 0.4) is 0 Å². The van der Waals surface area contributed by atoms with Crippen molar-refractivity contribution >= 4 is 16.0 Å². The fourth-order valence-electron chi connectivity index (χ4n) is 2.68. The molecule has 1 aliphatic carbocycles. The van der Waals surface area contributed by atoms with Gasteiger partial charge in [0.25, 0.3) is 0 Å². The fourth-order valence-corrected chi connectivity index (χ4v) is 4.93. The Hall–Kier alpha value is -0.660. The zero-order valence-corrected chi connectivity index (χ0v) is 13.2. The molecule has 0 amide bonds. The van der Waals surface area contributed by atoms with Gasteiger partial charge in [-0.05, 0) is 32.6 Å². The minimum atomic E-state index is -3.62. The molecular weight excluding hydrogens is 282 g/mol. The number of carbonyl (C=O) groups excluding carboxylic acids is 1. The SMILES string of the molecule is CCC(C)(CCO)NS(=O)(=O)C1CCCC1C(=O)OC. The number of ether oxygens (including phenoxy) is 1. The monoisotopic (exact) mass is 307 g/mol. The van der Waals surface area contributed by atoms with Crippen LogP contribution in [-0.4, -0.2) is 44.0 Å². The van der Waals surface area contributed by atoms with Crippen LogP contribution in [0.5, 0.6) is 0 Å². The van der Waals surface area contributed by atoms with E-state index in [0.29, 0.717) is 32.1 Å². The molecule has 118 valence electrons. The van der Waals surface area contributed by atoms with E-state index >= 15 is 0 Å². The van der Waals surface area contributed by atoms with E-state index in [1.807, 2.05) is 6.92 Å². The molecule has 0 heterocycles. The molecule has 3 unspecified atom stereocenters. The Bertz CT molecular complexity index is 436. The molecule has 20 heavy (non-hydrogen) atoms. The van der Waals surface area contributed by atoms with Crippen LogP contribution >= 0.6 is 0 Å². The molecule has 1 saturated carbocycles. The number of rotatable bonds is 7. The predicted molar refractivity (Wildman–Crippen MR) is 75.6 cm³/mol. The highest BCUT2D eigenvalue weighted by Crippen LogP contribution is 2.33. The van der Waals surface area contributed by atoms with Crippen LogP contribution in [0.2, 0.25) is 0 Å². The van der Waals surface area contributed by atoms with Crippen LogP contribution in [0.4, 0.5) is 0 Å². The summed E-state index contributed by atoms with van der Waals surface area (Å²) in [7, 11) is -2.34. The summed E-state index contributed by atoms with van der Waals surface area (Å²) in [4.78, 5) is 11.7. The second-order valence-electron chi connectivity index (χ2n) is 5.63. The van der Waals surface area contributed by atoms with Gasteiger partial charge >= 0.3 is 5.97 Å². The Morgan fingerprint density at radius 3 is 2.60 bits per heavy atom. The Morgan fingerprint density at radius 1 is 1.45 bits per heavy atom. The minimum absolute atomic E-state index is 0.0854. The molecule has 0 aromatic carbocycles. The standard InChI is InChI=1S/C13H25NO5S/c1-4-13(2,8-9-15)14-20(17,18)11-7-5-6-10(11)12(16)19-3/h10-11,14-15H,4-9H2,1-3H3. The molecule has 0 bridgehead atoms. The summed E-state index contributed by atoms with van der Waals surface area (Å²) in [5, 5.41) is 8.33. The minimum Gasteiger partial charge on any atom is -0.469 e. The average Bonchev–Trinajstić information content (AvgIpc) is 2.87. The first kappa shape index (κ1) is 17.4. The highest BCUT2D eigenvalue weighted by Gasteiger charge is 2.44. The van der Waals surface area contributed by atoms with Gasteiger partial charge in [-0.25, -0.2) is 13.1 Å². The third-order valence-corrected chi connectivity index (χ3v) is 6.33. The first-order chi connectivity index (χ1) is 9.29. The summed E-state index contributed by atoms with van der Waals surface area (Å²) >= 11 is 0. The number of hydrogen-bond donors (Lipinski definition) is 2. The Balaban J connectivity index is 2.90. The Labute approximate surface area is 120 Å². The summed E-state index contributed by atoms with van der Waals surface area (Å²) in [5.41, 5.74) is -0.684. The van der Waals surface area contributed by atoms with Gasteiger partial charge in [0, 0.05) is 12.1 Å². The molecule has 3 atom stereocenters. The van der Waals surface area contributed by atoms with Gasteiger partial charge in [-0.1, -0.05) is 13.3 Å². The van der Waals surface area contributed by atoms with Crippen molar-refractivity contribution in [1.29, 1.82) is 0 Å². The van der Waals surface area contributed by atoms with E-state index in [1.165, 1.54) is 7.11 Å². The maximum atomic E-state index is 12.5. The smallest absolute Gasteiger partial charge is 0.310 e. The van der Waals surface area contributed by atoms with Crippen LogP contribution in [0, 0.1) is 5.92 Å². The number of methoxy groups -OCH3 is 1. The third-order valence-electron chi connectivity index (χ3n) is 4.19. The lowest BCUT2D eigenvalue weighted by Crippen LogP contribution is -2.51. The molecule has 0 spiro atoms. The molecule has 2 N–H and O–H groups in total. The van der Waals surface area contributed by atoms with Crippen LogP contribution in [0.25, 0.3) is 0 Å². The van der Waals surface area contributed by atoms with E-state index in [4.69, 9.17) is 9.84 Å². The zero-order chi connectivity index (χ0) is 15.4. The zero-order valence-electron chi connectivity index (χ0n) is 12.4. The predicted octanol–water partition coefficient (Wildman–Crippen LogP) is 0.799. The van der Waals surface area contributed by atoms with Gasteiger partial charge in [0.2, 0.25) is 10.0 Å². The maximum Gasteiger partial charge on any atom is 0.310 e. The molecule has 0 aromatic heterocycles. The summed E-state index contributed by atoms with van der Waals surface area (Å²) in [6.45, 7) is 3.55. The van der Waals surface area contributed by atoms with Crippen LogP contribution < -0.4 is 4.72 Å². The quantitative estimate of drug-likeness (QED) is 0.679. The van der Waals surface area contributed by atoms with E-state index in [1.54, 1.807) is 6.92 Å². The van der Waals surface area contributed by atoms with Crippen molar-refractivity contribution in [3.05, 3.63) is 0 Å². The lowest BCUT2D eigenvalue weighted by Gasteiger charge is -2.31. The third kappa shape index (κ3) is 3.93. The van der Waals surface area contributed by atoms with Gasteiger partial charge in [-0.3, -0.25) is 4.79 Å². The largest absolute Gasteiger partial charge is 0.469 e. The highest BCUT2D eigenvalue weighted by molar-refractivity contribution is 7.90. The van der Waals surface area contributed by atoms with Crippen molar-refractivity contribution in [3.8, 4) is 0 Å². The molecule has 6 nitrogen and oxygen atoms in total. The van der Waals surface area contributed by atoms with Crippen molar-refractivity contribution < 1.29 is 23.1 Å². The van der Waals surface area contributed by atoms with Gasteiger partial charge in [-0.15, -0.1) is 0 Å². The Kier molecular flexibility index (Phi) is 5.97. The lowest BCUT2D eigenvalue weighted by molar-refractivity contribution is -0.145. The topological polar surface area (TPSA) is 92.7 Å². The van der Waals surface area contributed by atoms with Crippen molar-refractivity contribution in [2.24, 2.45) is 5.92 Å². The van der Waals surface area contributed by atoms with Crippen molar-refractivity contribution in [2.45, 2.75) is 56.7 Å². The van der Waals surface area contributed by atoms with Crippen molar-refractivity contribution in [2.75, 3.05) is 13.7 Å². The molecule has 0 aliphatic heterocycles. The molecule has 1 fully saturated rings. The second-order valence-corrected chi connectivity index (χ2v) is 7.53. The Morgan fingerprint density at radius 2 is 2.10 bits per heavy atom. The number of carbonyl (C=O) groups is 1. The first-order valence-corrected chi connectivity index (χ1v) is 8.55. The van der Waals surface area contributed by atoms with Crippen LogP contribution in [-0.2, 0) is 19.6 Å². The number of esters is 1. The summed E-state index contributed by atoms with van der Waals surface area (Å²) in [5.74, 6) is -1.05. The summed E-state index contributed by atoms with van der Waals surface area (Å²) in [6.07, 6.45) is 2.63. The normalized spacial score (nSPS) is 26.2. The highest BCUT2D eigenvalue weighted by atomic mass is 32.2. The van der Waals surface area contributed by atoms with Gasteiger partial charge in [-0.2, -0.15) is 0 Å². The van der Waals surface area contributed by atoms with Crippen molar-refractivity contribution in [3.63, 3.8) is 0 Å². The van der Waals surface area contributed by atoms with Gasteiger partial charge in [0.05, 0.1) is 18.3 Å². The number of aliphatic hydroxyl groups is 1. The average molecular weight is 307 g/mol. The van der Waals surface area contributed by atoms with E-state index in [0.717, 1.165) is 0 Å². The van der Waals surface area contributed by atoms with Gasteiger partial charge in [0.15, 0.2) is 0 Å². The number of sulfonamides is 1. The van der Waals surface area contributed by atoms with E-state index in [-0.39, 0.29) is 6.61 Å². The number of nitrogens with one attached hydrogen (secondary N) is 1. The van der Waals surface area contributed by atoms with E-state index in [9.17, 15) is 13.2 Å². The second kappa shape index (κ2) is 6.87. The van der Waals surface area contributed by atoms with Crippen LogP contribution in [0.15, 0.2) is 0 Å². The van der Waals surface area contributed by atoms with Gasteiger partial charge in [0.1, 0.15) is 0 Å². The summed E-state index contributed by atoms with van der Waals surface area (Å²) < 4.78 is 32.4. The van der Waals surface area contributed by atoms with Gasteiger partial charge < -0.3 is 9.84 Å². The lowest BCUT2D eigenvalue weighted by atomic mass is 9.97. The van der Waals surface area contributed by atoms with E-state index in [2.05, 4.69) is 4.72 Å². The fraction of sp³-hybridized carbons (Fsp3) is 0.923. The molecule has 0 aromatic rings. The molecule has 1 aliphatic rings. The number of hydrogen-bond acceptors (Lipinski definition) is 5. The first-order valence-electron chi connectivity index (χ1n) is 7.01. The number of aliphatic hydroxyl groups excluding tert-OH is 1. The summed E-state index contributed by atoms with van der Waals surface area (Å²) in [6, 6.07) is 0. The maximum absolute atomic E-state index is 12.5. The van der Waals surface area contributed by atoms with E-state index < -0.39 is 32.7 Å². The molecule has 7 heteroatoms. The van der Waals surface area contributed by atoms with Crippen molar-refractivity contribution in [1.82, 2.24) is 4.72 Å². The molecule has 0 radical (unpaired) electrons. The molecule has 0 saturated heterocycles. The molecule has 1 rings (SSSR count).